The van der Waals surface area contributed by atoms with E-state index in [2.05, 4.69) is 4.98 Å². The topological polar surface area (TPSA) is 93.6 Å². The van der Waals surface area contributed by atoms with Crippen molar-refractivity contribution in [3.8, 4) is 17.0 Å². The van der Waals surface area contributed by atoms with Crippen molar-refractivity contribution >= 4 is 11.7 Å². The molecule has 3 N–H and O–H groups in total. The van der Waals surface area contributed by atoms with Crippen molar-refractivity contribution < 1.29 is 15.0 Å². The first-order chi connectivity index (χ1) is 10.8. The highest BCUT2D eigenvalue weighted by molar-refractivity contribution is 5.92. The highest BCUT2D eigenvalue weighted by atomic mass is 16.4. The molecule has 2 rings (SSSR count). The van der Waals surface area contributed by atoms with Crippen molar-refractivity contribution in [2.24, 2.45) is 0 Å². The molecule has 1 aromatic carbocycles. The number of rotatable bonds is 4. The number of nitrogens with one attached hydrogen (secondary N) is 1. The van der Waals surface area contributed by atoms with Crippen molar-refractivity contribution in [1.29, 1.82) is 0 Å². The molecular weight excluding hydrogens is 296 g/mol. The molecule has 0 amide bonds. The maximum atomic E-state index is 12.0. The molecule has 23 heavy (non-hydrogen) atoms. The van der Waals surface area contributed by atoms with Gasteiger partial charge in [-0.05, 0) is 36.6 Å². The molecule has 1 aromatic heterocycles. The van der Waals surface area contributed by atoms with Crippen molar-refractivity contribution in [3.63, 3.8) is 0 Å². The molecule has 1 heterocycles. The molecule has 6 nitrogen and oxygen atoms in total. The summed E-state index contributed by atoms with van der Waals surface area (Å²) in [6, 6.07) is 5.66. The van der Waals surface area contributed by atoms with E-state index in [-0.39, 0.29) is 0 Å². The number of nitrogens with zero attached hydrogens (tertiary/aromatic N) is 1. The number of aryl methyl sites for hydroxylation is 1. The molecule has 122 valence electrons. The second-order valence-corrected chi connectivity index (χ2v) is 5.59. The van der Waals surface area contributed by atoms with Gasteiger partial charge in [0.1, 0.15) is 5.75 Å². The molecule has 0 aliphatic carbocycles. The van der Waals surface area contributed by atoms with E-state index in [4.69, 9.17) is 5.11 Å². The van der Waals surface area contributed by atoms with Crippen LogP contribution in [-0.2, 0) is 6.42 Å². The number of aromatic carboxylic acids is 1. The summed E-state index contributed by atoms with van der Waals surface area (Å²) in [6.07, 6.45) is 0.396. The maximum Gasteiger partial charge on any atom is 0.345 e. The van der Waals surface area contributed by atoms with E-state index in [0.717, 1.165) is 16.8 Å². The zero-order valence-corrected chi connectivity index (χ0v) is 13.6. The Morgan fingerprint density at radius 2 is 1.96 bits per heavy atom. The fourth-order valence-corrected chi connectivity index (χ4v) is 2.73. The molecule has 0 saturated carbocycles. The van der Waals surface area contributed by atoms with Crippen molar-refractivity contribution in [3.05, 3.63) is 45.2 Å². The van der Waals surface area contributed by atoms with Gasteiger partial charge in [0.2, 0.25) is 0 Å². The molecule has 0 bridgehead atoms. The van der Waals surface area contributed by atoms with Crippen LogP contribution in [0.15, 0.2) is 23.0 Å². The quantitative estimate of drug-likeness (QED) is 0.805. The Balaban J connectivity index is 2.72. The Morgan fingerprint density at radius 1 is 1.30 bits per heavy atom. The number of carbonyl (C=O) groups is 1. The van der Waals surface area contributed by atoms with Gasteiger partial charge in [0.05, 0.1) is 5.69 Å². The van der Waals surface area contributed by atoms with Crippen LogP contribution in [0, 0.1) is 6.92 Å². The van der Waals surface area contributed by atoms with Crippen LogP contribution in [-0.4, -0.2) is 35.3 Å². The lowest BCUT2D eigenvalue weighted by Gasteiger charge is -2.18. The minimum absolute atomic E-state index is 0.396. The number of anilines is 1. The summed E-state index contributed by atoms with van der Waals surface area (Å²) < 4.78 is 0. The van der Waals surface area contributed by atoms with E-state index < -0.39 is 22.8 Å². The highest BCUT2D eigenvalue weighted by Gasteiger charge is 2.22. The minimum Gasteiger partial charge on any atom is -0.506 e. The van der Waals surface area contributed by atoms with Crippen LogP contribution in [0.5, 0.6) is 5.75 Å². The van der Waals surface area contributed by atoms with Gasteiger partial charge in [0.15, 0.2) is 5.56 Å². The molecular formula is C17H20N2O4. The normalized spacial score (nSPS) is 10.6. The fourth-order valence-electron chi connectivity index (χ4n) is 2.73. The van der Waals surface area contributed by atoms with Crippen molar-refractivity contribution in [1.82, 2.24) is 4.98 Å². The smallest absolute Gasteiger partial charge is 0.345 e. The average Bonchev–Trinajstić information content (AvgIpc) is 2.45. The Hall–Kier alpha value is -2.76. The van der Waals surface area contributed by atoms with Gasteiger partial charge < -0.3 is 20.1 Å². The number of hydrogen-bond donors (Lipinski definition) is 3. The molecule has 0 aliphatic rings. The molecule has 6 heteroatoms. The first-order valence-corrected chi connectivity index (χ1v) is 7.27. The van der Waals surface area contributed by atoms with E-state index in [1.165, 1.54) is 0 Å². The summed E-state index contributed by atoms with van der Waals surface area (Å²) in [5.74, 6) is -1.91. The molecule has 0 radical (unpaired) electrons. The summed E-state index contributed by atoms with van der Waals surface area (Å²) in [5.41, 5.74) is 2.23. The highest BCUT2D eigenvalue weighted by Crippen LogP contribution is 2.32. The number of aromatic amines is 1. The van der Waals surface area contributed by atoms with Crippen LogP contribution in [0.25, 0.3) is 11.3 Å². The monoisotopic (exact) mass is 316 g/mol. The van der Waals surface area contributed by atoms with Gasteiger partial charge in [0.25, 0.3) is 5.56 Å². The number of carboxylic acids is 1. The Bertz CT molecular complexity index is 822. The number of aromatic nitrogens is 1. The molecule has 0 saturated heterocycles. The summed E-state index contributed by atoms with van der Waals surface area (Å²) >= 11 is 0. The summed E-state index contributed by atoms with van der Waals surface area (Å²) in [5, 5.41) is 19.3. The number of pyridine rings is 1. The van der Waals surface area contributed by atoms with Crippen LogP contribution in [0.4, 0.5) is 5.69 Å². The van der Waals surface area contributed by atoms with Crippen LogP contribution >= 0.6 is 0 Å². The number of H-pyrrole nitrogens is 1. The fraction of sp³-hybridized carbons (Fsp3) is 0.294. The largest absolute Gasteiger partial charge is 0.506 e. The van der Waals surface area contributed by atoms with E-state index in [1.807, 2.05) is 44.1 Å². The van der Waals surface area contributed by atoms with Gasteiger partial charge in [-0.2, -0.15) is 0 Å². The van der Waals surface area contributed by atoms with Gasteiger partial charge in [-0.25, -0.2) is 4.79 Å². The van der Waals surface area contributed by atoms with Crippen LogP contribution in [0.3, 0.4) is 0 Å². The van der Waals surface area contributed by atoms with E-state index >= 15 is 0 Å². The average molecular weight is 316 g/mol. The third-order valence-electron chi connectivity index (χ3n) is 3.82. The van der Waals surface area contributed by atoms with Crippen LogP contribution < -0.4 is 10.5 Å². The number of benzene rings is 1. The molecule has 0 unspecified atom stereocenters. The molecule has 0 spiro atoms. The lowest BCUT2D eigenvalue weighted by Crippen LogP contribution is -2.20. The van der Waals surface area contributed by atoms with Gasteiger partial charge in [-0.3, -0.25) is 4.79 Å². The molecule has 0 atom stereocenters. The van der Waals surface area contributed by atoms with Crippen LogP contribution in [0.1, 0.15) is 28.4 Å². The SMILES string of the molecule is CCc1c(-c2ccc(N(C)C)c(C)c2)[nH]c(=O)c(C(=O)O)c1O. The number of aromatic hydroxyl groups is 1. The molecule has 0 fully saturated rings. The standard InChI is InChI=1S/C17H20N2O4/c1-5-11-14(18-16(21)13(15(11)20)17(22)23)10-6-7-12(19(3)4)9(2)8-10/h6-8H,5H2,1-4H3,(H,22,23)(H2,18,20,21). The lowest BCUT2D eigenvalue weighted by molar-refractivity contribution is 0.0691. The van der Waals surface area contributed by atoms with E-state index in [1.54, 1.807) is 6.92 Å². The summed E-state index contributed by atoms with van der Waals surface area (Å²) in [4.78, 5) is 27.7. The lowest BCUT2D eigenvalue weighted by atomic mass is 9.98. The maximum absolute atomic E-state index is 12.0. The van der Waals surface area contributed by atoms with E-state index in [0.29, 0.717) is 17.7 Å². The number of hydrogen-bond acceptors (Lipinski definition) is 4. The zero-order valence-electron chi connectivity index (χ0n) is 13.6. The minimum atomic E-state index is -1.44. The first kappa shape index (κ1) is 16.6. The predicted molar refractivity (Wildman–Crippen MR) is 89.6 cm³/mol. The Kier molecular flexibility index (Phi) is 4.45. The summed E-state index contributed by atoms with van der Waals surface area (Å²) in [7, 11) is 3.88. The first-order valence-electron chi connectivity index (χ1n) is 7.27. The van der Waals surface area contributed by atoms with E-state index in [9.17, 15) is 14.7 Å². The van der Waals surface area contributed by atoms with Crippen LogP contribution in [0.2, 0.25) is 0 Å². The predicted octanol–water partition coefficient (Wildman–Crippen LogP) is 2.38. The van der Waals surface area contributed by atoms with Gasteiger partial charge in [0, 0.05) is 25.3 Å². The molecule has 0 aliphatic heterocycles. The van der Waals surface area contributed by atoms with Gasteiger partial charge in [-0.1, -0.05) is 13.0 Å². The van der Waals surface area contributed by atoms with Crippen molar-refractivity contribution in [2.45, 2.75) is 20.3 Å². The third kappa shape index (κ3) is 2.92. The third-order valence-corrected chi connectivity index (χ3v) is 3.82. The second kappa shape index (κ2) is 6.16. The summed E-state index contributed by atoms with van der Waals surface area (Å²) in [6.45, 7) is 3.75. The zero-order chi connectivity index (χ0) is 17.3. The van der Waals surface area contributed by atoms with Crippen molar-refractivity contribution in [2.75, 3.05) is 19.0 Å². The Labute approximate surface area is 134 Å². The van der Waals surface area contributed by atoms with Gasteiger partial charge >= 0.3 is 5.97 Å². The van der Waals surface area contributed by atoms with Gasteiger partial charge in [-0.15, -0.1) is 0 Å². The second-order valence-electron chi connectivity index (χ2n) is 5.59. The Morgan fingerprint density at radius 3 is 2.43 bits per heavy atom. The molecule has 2 aromatic rings. The number of carboxylic acid groups (broad SMARTS) is 1.